The fourth-order valence-corrected chi connectivity index (χ4v) is 10.8. The fourth-order valence-electron chi connectivity index (χ4n) is 10.8. The third kappa shape index (κ3) is 6.89. The summed E-state index contributed by atoms with van der Waals surface area (Å²) in [6.45, 7) is 17.1. The van der Waals surface area contributed by atoms with Crippen molar-refractivity contribution in [3.63, 3.8) is 0 Å². The number of allylic oxidation sites excluding steroid dienone is 10. The van der Waals surface area contributed by atoms with Crippen molar-refractivity contribution in [3.8, 4) is 33.4 Å². The minimum Gasteiger partial charge on any atom is -0.456 e. The monoisotopic (exact) mass is 876 g/mol. The predicted octanol–water partition coefficient (Wildman–Crippen LogP) is 18.6. The Kier molecular flexibility index (Phi) is 10.6. The van der Waals surface area contributed by atoms with Gasteiger partial charge in [-0.25, -0.2) is 0 Å². The Bertz CT molecular complexity index is 3730. The van der Waals surface area contributed by atoms with Crippen LogP contribution in [0.3, 0.4) is 0 Å². The molecule has 11 rings (SSSR count). The lowest BCUT2D eigenvalue weighted by molar-refractivity contribution is 0.655. The van der Waals surface area contributed by atoms with E-state index in [0.717, 1.165) is 78.0 Å². The normalized spacial score (nSPS) is 13.7. The summed E-state index contributed by atoms with van der Waals surface area (Å²) < 4.78 is 8.91. The molecule has 0 atom stereocenters. The lowest BCUT2D eigenvalue weighted by Gasteiger charge is -2.33. The Morgan fingerprint density at radius 2 is 1.19 bits per heavy atom. The van der Waals surface area contributed by atoms with Crippen molar-refractivity contribution >= 4 is 72.1 Å². The molecule has 0 saturated carbocycles. The zero-order valence-corrected chi connectivity index (χ0v) is 39.0. The molecular weight excluding hydrogens is 825 g/mol. The van der Waals surface area contributed by atoms with Crippen LogP contribution >= 0.6 is 0 Å². The van der Waals surface area contributed by atoms with Crippen molar-refractivity contribution in [1.29, 1.82) is 0 Å². The first kappa shape index (κ1) is 42.2. The molecule has 0 fully saturated rings. The van der Waals surface area contributed by atoms with Crippen LogP contribution < -0.4 is 4.90 Å². The SMILES string of the molecule is C=C/C=C(\C=C/C)n1c2ccccc2c2cc(-c3ccc4oc5cccc(-c6ccc(N(c7ccc(-c8ccccc8)cc7)c7cccc8c7C(C)(C)C(C=C)=C8/C=C\C)cc6)c5c4c3)ccc21. The molecule has 0 aliphatic heterocycles. The number of para-hydroxylation sites is 1. The van der Waals surface area contributed by atoms with E-state index >= 15 is 0 Å². The van der Waals surface area contributed by atoms with Crippen molar-refractivity contribution in [2.24, 2.45) is 0 Å². The number of hydrogen-bond acceptors (Lipinski definition) is 2. The van der Waals surface area contributed by atoms with Crippen LogP contribution in [0.5, 0.6) is 0 Å². The lowest BCUT2D eigenvalue weighted by Crippen LogP contribution is -2.21. The molecule has 0 bridgehead atoms. The smallest absolute Gasteiger partial charge is 0.136 e. The predicted molar refractivity (Wildman–Crippen MR) is 292 cm³/mol. The maximum Gasteiger partial charge on any atom is 0.136 e. The number of benzene rings is 8. The van der Waals surface area contributed by atoms with Crippen LogP contribution in [0.2, 0.25) is 0 Å². The second kappa shape index (κ2) is 17.1. The first-order valence-corrected chi connectivity index (χ1v) is 23.5. The maximum atomic E-state index is 6.59. The topological polar surface area (TPSA) is 21.3 Å². The van der Waals surface area contributed by atoms with E-state index in [-0.39, 0.29) is 5.41 Å². The van der Waals surface area contributed by atoms with E-state index in [0.29, 0.717) is 0 Å². The molecule has 1 aliphatic carbocycles. The molecule has 2 aromatic heterocycles. The van der Waals surface area contributed by atoms with Gasteiger partial charge in [0.1, 0.15) is 11.2 Å². The van der Waals surface area contributed by atoms with E-state index < -0.39 is 0 Å². The second-order valence-corrected chi connectivity index (χ2v) is 18.1. The van der Waals surface area contributed by atoms with Crippen molar-refractivity contribution < 1.29 is 4.42 Å². The Hall–Kier alpha value is -8.40. The molecule has 0 amide bonds. The van der Waals surface area contributed by atoms with Gasteiger partial charge in [-0.3, -0.25) is 0 Å². The van der Waals surface area contributed by atoms with Gasteiger partial charge in [0.2, 0.25) is 0 Å². The largest absolute Gasteiger partial charge is 0.456 e. The van der Waals surface area contributed by atoms with Gasteiger partial charge in [0.15, 0.2) is 0 Å². The molecule has 3 heteroatoms. The van der Waals surface area contributed by atoms with Crippen molar-refractivity contribution in [2.75, 3.05) is 4.90 Å². The maximum absolute atomic E-state index is 6.59. The summed E-state index contributed by atoms with van der Waals surface area (Å²) in [5.41, 5.74) is 20.1. The summed E-state index contributed by atoms with van der Waals surface area (Å²) in [7, 11) is 0. The molecular formula is C65H52N2O. The van der Waals surface area contributed by atoms with E-state index in [1.54, 1.807) is 0 Å². The van der Waals surface area contributed by atoms with Crippen LogP contribution in [-0.2, 0) is 5.41 Å². The van der Waals surface area contributed by atoms with Gasteiger partial charge < -0.3 is 13.9 Å². The van der Waals surface area contributed by atoms with Gasteiger partial charge in [0.25, 0.3) is 0 Å². The molecule has 0 spiro atoms. The number of anilines is 3. The van der Waals surface area contributed by atoms with E-state index in [1.165, 1.54) is 44.2 Å². The highest BCUT2D eigenvalue weighted by atomic mass is 16.3. The molecule has 3 nitrogen and oxygen atoms in total. The lowest BCUT2D eigenvalue weighted by atomic mass is 9.80. The summed E-state index contributed by atoms with van der Waals surface area (Å²) in [5.74, 6) is 0. The molecule has 1 aliphatic rings. The third-order valence-corrected chi connectivity index (χ3v) is 13.8. The average molecular weight is 877 g/mol. The van der Waals surface area contributed by atoms with Crippen LogP contribution in [0.4, 0.5) is 17.1 Å². The first-order chi connectivity index (χ1) is 33.3. The average Bonchev–Trinajstić information content (AvgIpc) is 3.99. The summed E-state index contributed by atoms with van der Waals surface area (Å²) >= 11 is 0. The molecule has 2 heterocycles. The van der Waals surface area contributed by atoms with Gasteiger partial charge in [-0.05, 0) is 148 Å². The molecule has 0 radical (unpaired) electrons. The molecule has 328 valence electrons. The van der Waals surface area contributed by atoms with Crippen LogP contribution in [-0.4, -0.2) is 4.57 Å². The number of nitrogens with zero attached hydrogens (tertiary/aromatic N) is 2. The summed E-state index contributed by atoms with van der Waals surface area (Å²) in [6.07, 6.45) is 14.5. The molecule has 0 saturated heterocycles. The minimum atomic E-state index is -0.273. The van der Waals surface area contributed by atoms with Gasteiger partial charge in [-0.2, -0.15) is 0 Å². The summed E-state index contributed by atoms with van der Waals surface area (Å²) in [5, 5.41) is 4.62. The highest BCUT2D eigenvalue weighted by molar-refractivity contribution is 6.15. The van der Waals surface area contributed by atoms with Gasteiger partial charge in [0.05, 0.1) is 16.7 Å². The molecule has 0 unspecified atom stereocenters. The third-order valence-electron chi connectivity index (χ3n) is 13.8. The number of aromatic nitrogens is 1. The molecule has 8 aromatic carbocycles. The van der Waals surface area contributed by atoms with E-state index in [2.05, 4.69) is 257 Å². The van der Waals surface area contributed by atoms with Crippen molar-refractivity contribution in [3.05, 3.63) is 248 Å². The molecule has 10 aromatic rings. The number of fused-ring (bicyclic) bond motifs is 7. The van der Waals surface area contributed by atoms with Gasteiger partial charge >= 0.3 is 0 Å². The Morgan fingerprint density at radius 1 is 0.559 bits per heavy atom. The summed E-state index contributed by atoms with van der Waals surface area (Å²) in [4.78, 5) is 2.42. The van der Waals surface area contributed by atoms with Gasteiger partial charge in [-0.1, -0.05) is 167 Å². The van der Waals surface area contributed by atoms with Gasteiger partial charge in [-0.15, -0.1) is 0 Å². The number of hydrogen-bond donors (Lipinski definition) is 0. The zero-order valence-electron chi connectivity index (χ0n) is 39.0. The van der Waals surface area contributed by atoms with Crippen LogP contribution in [0.1, 0.15) is 38.8 Å². The molecule has 0 N–H and O–H groups in total. The Balaban J connectivity index is 1.02. The van der Waals surface area contributed by atoms with Crippen LogP contribution in [0.25, 0.3) is 88.4 Å². The fraction of sp³-hybridized carbons (Fsp3) is 0.0769. The molecule has 68 heavy (non-hydrogen) atoms. The van der Waals surface area contributed by atoms with E-state index in [1.807, 2.05) is 12.2 Å². The van der Waals surface area contributed by atoms with E-state index in [9.17, 15) is 0 Å². The van der Waals surface area contributed by atoms with Gasteiger partial charge in [0, 0.05) is 44.0 Å². The zero-order chi connectivity index (χ0) is 46.5. The Morgan fingerprint density at radius 3 is 1.91 bits per heavy atom. The first-order valence-electron chi connectivity index (χ1n) is 23.5. The highest BCUT2D eigenvalue weighted by Gasteiger charge is 2.39. The quantitative estimate of drug-likeness (QED) is 0.121. The Labute approximate surface area is 398 Å². The minimum absolute atomic E-state index is 0.273. The summed E-state index contributed by atoms with van der Waals surface area (Å²) in [6, 6.07) is 63.8. The van der Waals surface area contributed by atoms with Crippen LogP contribution in [0, 0.1) is 0 Å². The highest BCUT2D eigenvalue weighted by Crippen LogP contribution is 2.53. The van der Waals surface area contributed by atoms with E-state index in [4.69, 9.17) is 4.42 Å². The van der Waals surface area contributed by atoms with Crippen molar-refractivity contribution in [2.45, 2.75) is 33.1 Å². The standard InChI is InChI=1S/C65H52N2O/c1-7-18-48(19-8-2)67-58-26-15-14-23-53(58)55-41-46(33-39-59(55)67)47-34-40-61-56(42-47)63-51(24-17-28-62(63)68-61)45-31-37-50(38-32-45)66(49-35-29-44(30-36-49)43-21-12-11-13-22-43)60-27-16-25-54-52(20-9-3)57(10-4)65(5,6)64(54)60/h7-42H,1,4H2,2-3,5-6H3/b19-8-,20-9-,48-18+. The second-order valence-electron chi connectivity index (χ2n) is 18.1. The van der Waals surface area contributed by atoms with Crippen LogP contribution in [0.15, 0.2) is 242 Å². The number of furan rings is 1. The number of rotatable bonds is 11. The van der Waals surface area contributed by atoms with Crippen molar-refractivity contribution in [1.82, 2.24) is 4.57 Å².